The van der Waals surface area contributed by atoms with Gasteiger partial charge < -0.3 is 25.6 Å². The number of nitrogens with zero attached hydrogens (tertiary/aromatic N) is 2. The zero-order valence-corrected chi connectivity index (χ0v) is 25.4. The number of amides is 2. The van der Waals surface area contributed by atoms with Crippen molar-refractivity contribution in [3.05, 3.63) is 81.9 Å². The molecular weight excluding hydrogens is 632 g/mol. The standard InChI is InChI=1S/C32H29ClF4N4O5/c1-3-46-29-18(13-26(38)42)12-25(41-28(29)16-4-7-22(33)23(34)10-16)31(44,20-5-6-20)15-40-30(43)19-8-17-9-21(32(35,36)37)14-39-27(17)24(11-19)45-2/h4,7-12,14,20,44H,3,5-6,13,15H2,1-2H3,(H2,38,42)(H,40,43)/t31-/m1/s1. The highest BCUT2D eigenvalue weighted by Gasteiger charge is 2.47. The second-order valence-corrected chi connectivity index (χ2v) is 11.3. The first-order valence-electron chi connectivity index (χ1n) is 14.2. The number of nitrogens with one attached hydrogen (secondary N) is 1. The summed E-state index contributed by atoms with van der Waals surface area (Å²) >= 11 is 5.89. The van der Waals surface area contributed by atoms with Crippen LogP contribution in [0.5, 0.6) is 11.5 Å². The number of carbonyl (C=O) groups excluding carboxylic acids is 2. The molecule has 46 heavy (non-hydrogen) atoms. The SMILES string of the molecule is CCOc1c(CC(N)=O)cc([C@@](O)(CNC(=O)c2cc(OC)c3ncc(C(F)(F)F)cc3c2)C2CC2)nc1-c1ccc(Cl)c(F)c1. The summed E-state index contributed by atoms with van der Waals surface area (Å²) in [6, 6.07) is 8.92. The Morgan fingerprint density at radius 2 is 1.89 bits per heavy atom. The number of ether oxygens (including phenoxy) is 2. The predicted molar refractivity (Wildman–Crippen MR) is 161 cm³/mol. The van der Waals surface area contributed by atoms with Gasteiger partial charge in [0.05, 0.1) is 43.0 Å². The van der Waals surface area contributed by atoms with Crippen LogP contribution in [0.1, 0.15) is 46.9 Å². The highest BCUT2D eigenvalue weighted by atomic mass is 35.5. The lowest BCUT2D eigenvalue weighted by molar-refractivity contribution is -0.137. The van der Waals surface area contributed by atoms with Gasteiger partial charge in [0.2, 0.25) is 5.91 Å². The van der Waals surface area contributed by atoms with Crippen molar-refractivity contribution in [2.24, 2.45) is 11.7 Å². The molecule has 2 amide bonds. The first-order chi connectivity index (χ1) is 21.7. The van der Waals surface area contributed by atoms with E-state index >= 15 is 0 Å². The number of rotatable bonds is 11. The number of pyridine rings is 2. The van der Waals surface area contributed by atoms with Crippen LogP contribution in [0.25, 0.3) is 22.2 Å². The van der Waals surface area contributed by atoms with Gasteiger partial charge in [-0.3, -0.25) is 14.6 Å². The Kier molecular flexibility index (Phi) is 9.09. The number of nitrogens with two attached hydrogens (primary N) is 1. The first-order valence-corrected chi connectivity index (χ1v) is 14.6. The fourth-order valence-corrected chi connectivity index (χ4v) is 5.37. The molecule has 1 atom stereocenters. The topological polar surface area (TPSA) is 137 Å². The zero-order chi connectivity index (χ0) is 33.4. The monoisotopic (exact) mass is 660 g/mol. The van der Waals surface area contributed by atoms with Crippen molar-refractivity contribution in [1.29, 1.82) is 0 Å². The summed E-state index contributed by atoms with van der Waals surface area (Å²) in [6.45, 7) is 1.53. The maximum Gasteiger partial charge on any atom is 0.417 e. The fourth-order valence-electron chi connectivity index (χ4n) is 5.25. The highest BCUT2D eigenvalue weighted by molar-refractivity contribution is 6.30. The van der Waals surface area contributed by atoms with Crippen LogP contribution in [0, 0.1) is 11.7 Å². The van der Waals surface area contributed by atoms with E-state index in [4.69, 9.17) is 26.8 Å². The summed E-state index contributed by atoms with van der Waals surface area (Å²) in [5.41, 5.74) is 3.63. The Labute approximate surface area is 265 Å². The van der Waals surface area contributed by atoms with Gasteiger partial charge in [0.15, 0.2) is 0 Å². The average molecular weight is 661 g/mol. The van der Waals surface area contributed by atoms with Crippen molar-refractivity contribution in [3.63, 3.8) is 0 Å². The van der Waals surface area contributed by atoms with E-state index in [1.165, 1.54) is 37.4 Å². The Morgan fingerprint density at radius 3 is 2.50 bits per heavy atom. The molecular formula is C32H29ClF4N4O5. The van der Waals surface area contributed by atoms with Gasteiger partial charge in [-0.25, -0.2) is 9.37 Å². The van der Waals surface area contributed by atoms with Crippen LogP contribution in [0.4, 0.5) is 17.6 Å². The summed E-state index contributed by atoms with van der Waals surface area (Å²) < 4.78 is 65.7. The summed E-state index contributed by atoms with van der Waals surface area (Å²) in [7, 11) is 1.30. The van der Waals surface area contributed by atoms with E-state index in [-0.39, 0.29) is 75.4 Å². The number of aliphatic hydroxyl groups is 1. The number of methoxy groups -OCH3 is 1. The Hall–Kier alpha value is -4.49. The second kappa shape index (κ2) is 12.7. The van der Waals surface area contributed by atoms with Crippen LogP contribution in [0.3, 0.4) is 0 Å². The number of halogens is 5. The van der Waals surface area contributed by atoms with E-state index < -0.39 is 35.0 Å². The molecule has 0 saturated heterocycles. The van der Waals surface area contributed by atoms with Crippen molar-refractivity contribution in [2.45, 2.75) is 38.0 Å². The molecule has 1 aliphatic carbocycles. The van der Waals surface area contributed by atoms with Gasteiger partial charge in [-0.1, -0.05) is 17.7 Å². The number of hydrogen-bond donors (Lipinski definition) is 3. The lowest BCUT2D eigenvalue weighted by Gasteiger charge is -2.30. The number of benzene rings is 2. The third-order valence-corrected chi connectivity index (χ3v) is 7.98. The molecule has 0 radical (unpaired) electrons. The zero-order valence-electron chi connectivity index (χ0n) is 24.7. The molecule has 1 aliphatic rings. The maximum atomic E-state index is 14.5. The van der Waals surface area contributed by atoms with Gasteiger partial charge in [0, 0.05) is 28.3 Å². The van der Waals surface area contributed by atoms with Crippen molar-refractivity contribution in [2.75, 3.05) is 20.3 Å². The molecule has 0 unspecified atom stereocenters. The fraction of sp³-hybridized carbons (Fsp3) is 0.312. The van der Waals surface area contributed by atoms with E-state index in [9.17, 15) is 32.3 Å². The largest absolute Gasteiger partial charge is 0.494 e. The Morgan fingerprint density at radius 1 is 1.15 bits per heavy atom. The molecule has 0 spiro atoms. The quantitative estimate of drug-likeness (QED) is 0.179. The molecule has 0 aliphatic heterocycles. The van der Waals surface area contributed by atoms with E-state index in [1.807, 2.05) is 0 Å². The van der Waals surface area contributed by atoms with Crippen molar-refractivity contribution in [3.8, 4) is 22.8 Å². The van der Waals surface area contributed by atoms with Crippen molar-refractivity contribution >= 4 is 34.3 Å². The lowest BCUT2D eigenvalue weighted by atomic mass is 9.90. The van der Waals surface area contributed by atoms with Crippen LogP contribution in [0.2, 0.25) is 5.02 Å². The maximum absolute atomic E-state index is 14.5. The molecule has 2 heterocycles. The minimum absolute atomic E-state index is 0.0286. The third-order valence-electron chi connectivity index (χ3n) is 7.67. The minimum Gasteiger partial charge on any atom is -0.494 e. The summed E-state index contributed by atoms with van der Waals surface area (Å²) in [5.74, 6) is -2.22. The van der Waals surface area contributed by atoms with E-state index in [1.54, 1.807) is 6.92 Å². The van der Waals surface area contributed by atoms with Gasteiger partial charge >= 0.3 is 6.18 Å². The van der Waals surface area contributed by atoms with Gasteiger partial charge in [0.1, 0.15) is 34.1 Å². The summed E-state index contributed by atoms with van der Waals surface area (Å²) in [6.07, 6.45) is -3.07. The molecule has 4 aromatic rings. The van der Waals surface area contributed by atoms with Crippen LogP contribution < -0.4 is 20.5 Å². The number of fused-ring (bicyclic) bond motifs is 1. The van der Waals surface area contributed by atoms with Crippen LogP contribution in [-0.4, -0.2) is 47.2 Å². The van der Waals surface area contributed by atoms with E-state index in [0.29, 0.717) is 24.6 Å². The molecule has 0 bridgehead atoms. The average Bonchev–Trinajstić information content (AvgIpc) is 3.86. The summed E-state index contributed by atoms with van der Waals surface area (Å²) in [5, 5.41) is 14.7. The second-order valence-electron chi connectivity index (χ2n) is 10.9. The summed E-state index contributed by atoms with van der Waals surface area (Å²) in [4.78, 5) is 34.0. The smallest absolute Gasteiger partial charge is 0.417 e. The molecule has 9 nitrogen and oxygen atoms in total. The molecule has 2 aromatic heterocycles. The number of aromatic nitrogens is 2. The molecule has 2 aromatic carbocycles. The van der Waals surface area contributed by atoms with Crippen molar-refractivity contribution < 1.29 is 41.7 Å². The first kappa shape index (κ1) is 32.9. The third kappa shape index (κ3) is 6.70. The van der Waals surface area contributed by atoms with Crippen LogP contribution in [-0.2, 0) is 23.0 Å². The minimum atomic E-state index is -4.65. The highest BCUT2D eigenvalue weighted by Crippen LogP contribution is 2.47. The van der Waals surface area contributed by atoms with Crippen LogP contribution >= 0.6 is 11.6 Å². The van der Waals surface area contributed by atoms with Gasteiger partial charge in [-0.2, -0.15) is 13.2 Å². The Balaban J connectivity index is 1.54. The number of carbonyl (C=O) groups is 2. The normalized spacial score (nSPS) is 14.5. The number of alkyl halides is 3. The lowest BCUT2D eigenvalue weighted by Crippen LogP contribution is -2.43. The molecule has 1 fully saturated rings. The van der Waals surface area contributed by atoms with Crippen LogP contribution in [0.15, 0.2) is 48.7 Å². The predicted octanol–water partition coefficient (Wildman–Crippen LogP) is 5.57. The molecule has 1 saturated carbocycles. The number of hydrogen-bond acceptors (Lipinski definition) is 7. The van der Waals surface area contributed by atoms with Gasteiger partial charge in [0.25, 0.3) is 5.91 Å². The van der Waals surface area contributed by atoms with Crippen molar-refractivity contribution in [1.82, 2.24) is 15.3 Å². The Bertz CT molecular complexity index is 1830. The molecule has 14 heteroatoms. The molecule has 242 valence electrons. The van der Waals surface area contributed by atoms with E-state index in [0.717, 1.165) is 12.1 Å². The van der Waals surface area contributed by atoms with E-state index in [2.05, 4.69) is 15.3 Å². The number of primary amides is 1. The molecule has 5 rings (SSSR count). The van der Waals surface area contributed by atoms with Gasteiger partial charge in [-0.15, -0.1) is 0 Å². The molecule has 4 N–H and O–H groups in total. The van der Waals surface area contributed by atoms with Gasteiger partial charge in [-0.05, 0) is 62.1 Å².